The van der Waals surface area contributed by atoms with Gasteiger partial charge in [-0.15, -0.1) is 0 Å². The second-order valence-electron chi connectivity index (χ2n) is 8.30. The zero-order valence-electron chi connectivity index (χ0n) is 19.1. The van der Waals surface area contributed by atoms with Crippen LogP contribution in [0.3, 0.4) is 0 Å². The Hall–Kier alpha value is -3.81. The van der Waals surface area contributed by atoms with Crippen LogP contribution in [0.5, 0.6) is 0 Å². The van der Waals surface area contributed by atoms with Crippen molar-refractivity contribution in [3.8, 4) is 11.1 Å². The second kappa shape index (κ2) is 9.77. The fourth-order valence-electron chi connectivity index (χ4n) is 3.81. The Kier molecular flexibility index (Phi) is 6.63. The Morgan fingerprint density at radius 3 is 2.48 bits per heavy atom. The van der Waals surface area contributed by atoms with Crippen molar-refractivity contribution in [2.24, 2.45) is 5.92 Å². The molecule has 1 aliphatic heterocycles. The van der Waals surface area contributed by atoms with E-state index in [1.807, 2.05) is 32.0 Å². The number of carbonyl (C=O) groups excluding carboxylic acids is 2. The normalized spacial score (nSPS) is 15.9. The lowest BCUT2D eigenvalue weighted by Gasteiger charge is -2.31. The van der Waals surface area contributed by atoms with Crippen LogP contribution in [0.4, 0.5) is 17.3 Å². The Morgan fingerprint density at radius 2 is 1.79 bits per heavy atom. The molecule has 8 nitrogen and oxygen atoms in total. The van der Waals surface area contributed by atoms with Gasteiger partial charge in [0.25, 0.3) is 0 Å². The van der Waals surface area contributed by atoms with E-state index in [2.05, 4.69) is 44.6 Å². The summed E-state index contributed by atoms with van der Waals surface area (Å²) in [7, 11) is 0. The molecule has 0 saturated carbocycles. The fraction of sp³-hybridized carbons (Fsp3) is 0.320. The molecular formula is C25H28N6O2. The lowest BCUT2D eigenvalue weighted by molar-refractivity contribution is -0.136. The number of benzene rings is 1. The molecule has 4 rings (SSSR count). The first kappa shape index (κ1) is 22.4. The molecule has 8 heteroatoms. The summed E-state index contributed by atoms with van der Waals surface area (Å²) in [5.41, 5.74) is 5.20. The predicted octanol–water partition coefficient (Wildman–Crippen LogP) is 4.10. The van der Waals surface area contributed by atoms with Gasteiger partial charge in [-0.2, -0.15) is 0 Å². The molecular weight excluding hydrogens is 416 g/mol. The van der Waals surface area contributed by atoms with E-state index < -0.39 is 0 Å². The van der Waals surface area contributed by atoms with Crippen molar-refractivity contribution in [1.29, 1.82) is 0 Å². The molecule has 1 fully saturated rings. The van der Waals surface area contributed by atoms with Crippen molar-refractivity contribution in [2.45, 2.75) is 33.6 Å². The highest BCUT2D eigenvalue weighted by Gasteiger charge is 2.29. The molecule has 0 aliphatic carbocycles. The first-order chi connectivity index (χ1) is 15.9. The molecule has 1 saturated heterocycles. The van der Waals surface area contributed by atoms with Gasteiger partial charge in [-0.05, 0) is 38.8 Å². The third-order valence-corrected chi connectivity index (χ3v) is 5.89. The van der Waals surface area contributed by atoms with Crippen LogP contribution in [-0.4, -0.2) is 44.8 Å². The number of hydrogen-bond acceptors (Lipinski definition) is 6. The van der Waals surface area contributed by atoms with Crippen molar-refractivity contribution in [1.82, 2.24) is 19.9 Å². The van der Waals surface area contributed by atoms with Gasteiger partial charge >= 0.3 is 0 Å². The Bertz CT molecular complexity index is 1140. The minimum atomic E-state index is -0.226. The highest BCUT2D eigenvalue weighted by atomic mass is 16.2. The maximum atomic E-state index is 12.8. The molecule has 0 radical (unpaired) electrons. The number of pyridine rings is 1. The van der Waals surface area contributed by atoms with E-state index in [0.717, 1.165) is 11.1 Å². The van der Waals surface area contributed by atoms with Crippen LogP contribution in [0.15, 0.2) is 48.9 Å². The Morgan fingerprint density at radius 1 is 1.06 bits per heavy atom. The quantitative estimate of drug-likeness (QED) is 0.594. The van der Waals surface area contributed by atoms with Gasteiger partial charge in [0.2, 0.25) is 17.8 Å². The van der Waals surface area contributed by atoms with Crippen LogP contribution in [0.25, 0.3) is 11.1 Å². The molecule has 2 amide bonds. The van der Waals surface area contributed by atoms with Crippen LogP contribution in [-0.2, 0) is 9.59 Å². The highest BCUT2D eigenvalue weighted by Crippen LogP contribution is 2.24. The van der Waals surface area contributed by atoms with E-state index in [1.54, 1.807) is 23.5 Å². The number of anilines is 3. The second-order valence-corrected chi connectivity index (χ2v) is 8.30. The van der Waals surface area contributed by atoms with Gasteiger partial charge in [0.1, 0.15) is 0 Å². The third kappa shape index (κ3) is 5.34. The summed E-state index contributed by atoms with van der Waals surface area (Å²) in [5.74, 6) is 0.232. The molecule has 1 unspecified atom stereocenters. The number of hydrogen-bond donors (Lipinski definition) is 2. The average molecular weight is 445 g/mol. The minimum absolute atomic E-state index is 0.0956. The van der Waals surface area contributed by atoms with Crippen LogP contribution in [0.1, 0.15) is 31.0 Å². The molecule has 2 N–H and O–H groups in total. The molecule has 1 atom stereocenters. The summed E-state index contributed by atoms with van der Waals surface area (Å²) in [6, 6.07) is 10.0. The summed E-state index contributed by atoms with van der Waals surface area (Å²) < 4.78 is 0. The van der Waals surface area contributed by atoms with E-state index in [-0.39, 0.29) is 17.7 Å². The number of carbonyl (C=O) groups is 2. The van der Waals surface area contributed by atoms with Crippen molar-refractivity contribution >= 4 is 29.1 Å². The average Bonchev–Trinajstić information content (AvgIpc) is 2.82. The summed E-state index contributed by atoms with van der Waals surface area (Å²) in [6.07, 6.45) is 6.19. The molecule has 170 valence electrons. The third-order valence-electron chi connectivity index (χ3n) is 5.89. The maximum absolute atomic E-state index is 12.8. The van der Waals surface area contributed by atoms with Crippen LogP contribution >= 0.6 is 0 Å². The van der Waals surface area contributed by atoms with Crippen molar-refractivity contribution in [3.63, 3.8) is 0 Å². The van der Waals surface area contributed by atoms with Gasteiger partial charge in [0, 0.05) is 37.5 Å². The molecule has 33 heavy (non-hydrogen) atoms. The lowest BCUT2D eigenvalue weighted by atomic mass is 9.96. The molecule has 1 aromatic carbocycles. The number of amides is 2. The van der Waals surface area contributed by atoms with E-state index in [0.29, 0.717) is 48.9 Å². The maximum Gasteiger partial charge on any atom is 0.229 e. The summed E-state index contributed by atoms with van der Waals surface area (Å²) in [6.45, 7) is 6.89. The zero-order chi connectivity index (χ0) is 23.4. The topological polar surface area (TPSA) is 100 Å². The first-order valence-corrected chi connectivity index (χ1v) is 11.1. The Balaban J connectivity index is 1.43. The number of nitrogens with zero attached hydrogens (tertiary/aromatic N) is 4. The first-order valence-electron chi connectivity index (χ1n) is 11.1. The SMILES string of the molecule is CCN1CC(C(=O)Nc2cc(Nc3ncc(-c4ccc(C)cc4)cn3)cnc2C)CCC1=O. The van der Waals surface area contributed by atoms with E-state index in [4.69, 9.17) is 0 Å². The monoisotopic (exact) mass is 444 g/mol. The standard InChI is InChI=1S/C25H28N6O2/c1-4-31-15-19(9-10-23(31)32)24(33)30-22-11-21(14-26-17(22)3)29-25-27-12-20(13-28-25)18-7-5-16(2)6-8-18/h5-8,11-14,19H,4,9-10,15H2,1-3H3,(H,30,33)(H,27,28,29). The smallest absolute Gasteiger partial charge is 0.229 e. The number of aryl methyl sites for hydroxylation is 2. The molecule has 1 aliphatic rings. The Labute approximate surface area is 193 Å². The van der Waals surface area contributed by atoms with Gasteiger partial charge in [-0.25, -0.2) is 9.97 Å². The molecule has 3 aromatic rings. The van der Waals surface area contributed by atoms with Crippen LogP contribution in [0.2, 0.25) is 0 Å². The number of likely N-dealkylation sites (tertiary alicyclic amines) is 1. The van der Waals surface area contributed by atoms with Crippen molar-refractivity contribution in [2.75, 3.05) is 23.7 Å². The molecule has 3 heterocycles. The van der Waals surface area contributed by atoms with Gasteiger partial charge in [0.15, 0.2) is 0 Å². The largest absolute Gasteiger partial charge is 0.342 e. The van der Waals surface area contributed by atoms with Gasteiger partial charge in [-0.3, -0.25) is 14.6 Å². The number of piperidine rings is 1. The van der Waals surface area contributed by atoms with Crippen LogP contribution in [0, 0.1) is 19.8 Å². The summed E-state index contributed by atoms with van der Waals surface area (Å²) in [4.78, 5) is 39.7. The number of aromatic nitrogens is 3. The highest BCUT2D eigenvalue weighted by molar-refractivity contribution is 5.95. The predicted molar refractivity (Wildman–Crippen MR) is 128 cm³/mol. The number of rotatable bonds is 6. The van der Waals surface area contributed by atoms with Gasteiger partial charge < -0.3 is 15.5 Å². The van der Waals surface area contributed by atoms with Gasteiger partial charge in [-0.1, -0.05) is 29.8 Å². The summed E-state index contributed by atoms with van der Waals surface area (Å²) >= 11 is 0. The summed E-state index contributed by atoms with van der Waals surface area (Å²) in [5, 5.41) is 6.13. The molecule has 2 aromatic heterocycles. The van der Waals surface area contributed by atoms with E-state index in [1.165, 1.54) is 5.56 Å². The number of nitrogens with one attached hydrogen (secondary N) is 2. The minimum Gasteiger partial charge on any atom is -0.342 e. The van der Waals surface area contributed by atoms with Crippen molar-refractivity contribution < 1.29 is 9.59 Å². The van der Waals surface area contributed by atoms with Crippen LogP contribution < -0.4 is 10.6 Å². The molecule has 0 spiro atoms. The van der Waals surface area contributed by atoms with Crippen molar-refractivity contribution in [3.05, 3.63) is 60.2 Å². The van der Waals surface area contributed by atoms with E-state index >= 15 is 0 Å². The zero-order valence-corrected chi connectivity index (χ0v) is 19.1. The van der Waals surface area contributed by atoms with Gasteiger partial charge in [0.05, 0.1) is 29.2 Å². The fourth-order valence-corrected chi connectivity index (χ4v) is 3.81. The van der Waals surface area contributed by atoms with E-state index in [9.17, 15) is 9.59 Å². The lowest BCUT2D eigenvalue weighted by Crippen LogP contribution is -2.43. The molecule has 0 bridgehead atoms.